The molecule has 0 saturated carbocycles. The number of carbonyl (C=O) groups excluding carboxylic acids is 1. The molecule has 118 valence electrons. The second-order valence-electron chi connectivity index (χ2n) is 4.89. The van der Waals surface area contributed by atoms with Gasteiger partial charge < -0.3 is 5.32 Å². The normalized spacial score (nSPS) is 10.9. The van der Waals surface area contributed by atoms with Crippen molar-refractivity contribution in [2.24, 2.45) is 0 Å². The Bertz CT molecular complexity index is 882. The summed E-state index contributed by atoms with van der Waals surface area (Å²) < 4.78 is 3.10. The van der Waals surface area contributed by atoms with E-state index in [1.807, 2.05) is 43.3 Å². The summed E-state index contributed by atoms with van der Waals surface area (Å²) >= 11 is 11.2. The number of amides is 1. The molecule has 2 aromatic carbocycles. The summed E-state index contributed by atoms with van der Waals surface area (Å²) in [5.41, 5.74) is 2.79. The molecule has 0 atom stereocenters. The van der Waals surface area contributed by atoms with Gasteiger partial charge in [-0.25, -0.2) is 4.98 Å². The molecule has 0 saturated heterocycles. The number of hydrogen-bond donors (Lipinski definition) is 1. The minimum Gasteiger partial charge on any atom is -0.325 e. The van der Waals surface area contributed by atoms with E-state index in [9.17, 15) is 4.79 Å². The van der Waals surface area contributed by atoms with Gasteiger partial charge in [0.15, 0.2) is 4.34 Å². The van der Waals surface area contributed by atoms with Gasteiger partial charge in [-0.05, 0) is 71.5 Å². The molecule has 1 amide bonds. The third-order valence-electron chi connectivity index (χ3n) is 3.12. The first kappa shape index (κ1) is 17.0. The van der Waals surface area contributed by atoms with Gasteiger partial charge >= 0.3 is 0 Å². The highest BCUT2D eigenvalue weighted by Crippen LogP contribution is 2.31. The maximum atomic E-state index is 12.1. The fourth-order valence-electron chi connectivity index (χ4n) is 2.02. The van der Waals surface area contributed by atoms with Crippen molar-refractivity contribution in [1.29, 1.82) is 0 Å². The molecule has 0 fully saturated rings. The second-order valence-corrected chi connectivity index (χ2v) is 8.82. The number of anilines is 1. The van der Waals surface area contributed by atoms with Crippen LogP contribution in [0.5, 0.6) is 0 Å². The molecule has 3 nitrogen and oxygen atoms in total. The van der Waals surface area contributed by atoms with Crippen molar-refractivity contribution < 1.29 is 4.79 Å². The van der Waals surface area contributed by atoms with Gasteiger partial charge in [0.25, 0.3) is 0 Å². The highest BCUT2D eigenvalue weighted by molar-refractivity contribution is 14.1. The van der Waals surface area contributed by atoms with Gasteiger partial charge in [-0.3, -0.25) is 4.79 Å². The molecule has 0 bridgehead atoms. The lowest BCUT2D eigenvalue weighted by Crippen LogP contribution is -2.14. The fraction of sp³-hybridized carbons (Fsp3) is 0.125. The van der Waals surface area contributed by atoms with Crippen LogP contribution in [0, 0.1) is 10.5 Å². The lowest BCUT2D eigenvalue weighted by molar-refractivity contribution is -0.113. The van der Waals surface area contributed by atoms with E-state index in [1.54, 1.807) is 11.3 Å². The summed E-state index contributed by atoms with van der Waals surface area (Å²) in [6, 6.07) is 11.6. The molecule has 23 heavy (non-hydrogen) atoms. The zero-order chi connectivity index (χ0) is 16.4. The Labute approximate surface area is 161 Å². The van der Waals surface area contributed by atoms with E-state index in [2.05, 4.69) is 32.9 Å². The first-order valence-electron chi connectivity index (χ1n) is 6.76. The molecule has 3 rings (SSSR count). The molecule has 1 heterocycles. The number of thioether (sulfide) groups is 1. The Kier molecular flexibility index (Phi) is 5.45. The van der Waals surface area contributed by atoms with E-state index in [4.69, 9.17) is 11.6 Å². The minimum absolute atomic E-state index is 0.0309. The van der Waals surface area contributed by atoms with Crippen LogP contribution in [-0.4, -0.2) is 16.6 Å². The number of carbonyl (C=O) groups is 1. The maximum Gasteiger partial charge on any atom is 0.234 e. The van der Waals surface area contributed by atoms with Gasteiger partial charge in [0.1, 0.15) is 0 Å². The Balaban J connectivity index is 1.63. The number of rotatable bonds is 4. The van der Waals surface area contributed by atoms with Crippen LogP contribution in [0.25, 0.3) is 10.2 Å². The predicted molar refractivity (Wildman–Crippen MR) is 108 cm³/mol. The molecule has 3 aromatic rings. The average Bonchev–Trinajstić information content (AvgIpc) is 2.90. The first-order valence-corrected chi connectivity index (χ1v) is 10.0. The van der Waals surface area contributed by atoms with Crippen molar-refractivity contribution in [3.05, 3.63) is 50.6 Å². The SMILES string of the molecule is Cc1cc(I)ccc1NC(=O)CSc1nc2cc(Cl)ccc2s1. The van der Waals surface area contributed by atoms with Crippen molar-refractivity contribution in [3.8, 4) is 0 Å². The van der Waals surface area contributed by atoms with E-state index in [0.717, 1.165) is 29.4 Å². The van der Waals surface area contributed by atoms with Crippen molar-refractivity contribution in [3.63, 3.8) is 0 Å². The number of nitrogens with zero attached hydrogens (tertiary/aromatic N) is 1. The van der Waals surface area contributed by atoms with Crippen LogP contribution in [0.1, 0.15) is 5.56 Å². The molecule has 0 aliphatic rings. The van der Waals surface area contributed by atoms with Gasteiger partial charge in [0, 0.05) is 14.3 Å². The van der Waals surface area contributed by atoms with Crippen LogP contribution < -0.4 is 5.32 Å². The molecule has 0 aliphatic carbocycles. The number of aryl methyl sites for hydroxylation is 1. The number of thiazole rings is 1. The van der Waals surface area contributed by atoms with Crippen molar-refractivity contribution in [2.45, 2.75) is 11.3 Å². The van der Waals surface area contributed by atoms with Crippen molar-refractivity contribution in [2.75, 3.05) is 11.1 Å². The quantitative estimate of drug-likeness (QED) is 0.396. The molecule has 1 N–H and O–H groups in total. The van der Waals surface area contributed by atoms with Gasteiger partial charge in [-0.1, -0.05) is 23.4 Å². The van der Waals surface area contributed by atoms with Crippen LogP contribution in [0.3, 0.4) is 0 Å². The fourth-order valence-corrected chi connectivity index (χ4v) is 4.68. The highest BCUT2D eigenvalue weighted by atomic mass is 127. The van der Waals surface area contributed by atoms with Crippen LogP contribution in [-0.2, 0) is 4.79 Å². The lowest BCUT2D eigenvalue weighted by atomic mass is 10.2. The van der Waals surface area contributed by atoms with Crippen LogP contribution in [0.15, 0.2) is 40.7 Å². The predicted octanol–water partition coefficient (Wildman–Crippen LogP) is 5.59. The van der Waals surface area contributed by atoms with E-state index in [0.29, 0.717) is 10.8 Å². The number of fused-ring (bicyclic) bond motifs is 1. The maximum absolute atomic E-state index is 12.1. The third kappa shape index (κ3) is 4.37. The minimum atomic E-state index is -0.0309. The molecule has 1 aromatic heterocycles. The molecule has 0 unspecified atom stereocenters. The van der Waals surface area contributed by atoms with Gasteiger partial charge in [0.2, 0.25) is 5.91 Å². The first-order chi connectivity index (χ1) is 11.0. The van der Waals surface area contributed by atoms with Gasteiger partial charge in [0.05, 0.1) is 16.0 Å². The summed E-state index contributed by atoms with van der Waals surface area (Å²) in [5, 5.41) is 3.62. The number of benzene rings is 2. The molecule has 0 radical (unpaired) electrons. The zero-order valence-electron chi connectivity index (χ0n) is 12.1. The topological polar surface area (TPSA) is 42.0 Å². The van der Waals surface area contributed by atoms with Crippen LogP contribution in [0.2, 0.25) is 5.02 Å². The van der Waals surface area contributed by atoms with E-state index in [-0.39, 0.29) is 5.91 Å². The molecular weight excluding hydrogens is 463 g/mol. The van der Waals surface area contributed by atoms with E-state index >= 15 is 0 Å². The smallest absolute Gasteiger partial charge is 0.234 e. The monoisotopic (exact) mass is 474 g/mol. The average molecular weight is 475 g/mol. The van der Waals surface area contributed by atoms with Crippen LogP contribution in [0.4, 0.5) is 5.69 Å². The van der Waals surface area contributed by atoms with Crippen molar-refractivity contribution in [1.82, 2.24) is 4.98 Å². The molecule has 0 spiro atoms. The standard InChI is InChI=1S/C16H12ClIN2OS2/c1-9-6-11(18)3-4-12(9)19-15(21)8-22-16-20-13-7-10(17)2-5-14(13)23-16/h2-7H,8H2,1H3,(H,19,21). The number of aromatic nitrogens is 1. The van der Waals surface area contributed by atoms with Crippen LogP contribution >= 0.6 is 57.3 Å². The zero-order valence-corrected chi connectivity index (χ0v) is 16.6. The molecule has 0 aliphatic heterocycles. The number of hydrogen-bond acceptors (Lipinski definition) is 4. The highest BCUT2D eigenvalue weighted by Gasteiger charge is 2.09. The summed E-state index contributed by atoms with van der Waals surface area (Å²) in [6.07, 6.45) is 0. The Hall–Kier alpha value is -0.830. The number of halogens is 2. The Morgan fingerprint density at radius 1 is 1.35 bits per heavy atom. The Morgan fingerprint density at radius 2 is 2.17 bits per heavy atom. The van der Waals surface area contributed by atoms with Gasteiger partial charge in [-0.15, -0.1) is 11.3 Å². The Morgan fingerprint density at radius 3 is 2.96 bits per heavy atom. The summed E-state index contributed by atoms with van der Waals surface area (Å²) in [7, 11) is 0. The lowest BCUT2D eigenvalue weighted by Gasteiger charge is -2.08. The van der Waals surface area contributed by atoms with E-state index in [1.165, 1.54) is 11.8 Å². The van der Waals surface area contributed by atoms with Gasteiger partial charge in [-0.2, -0.15) is 0 Å². The molecule has 7 heteroatoms. The van der Waals surface area contributed by atoms with Crippen molar-refractivity contribution >= 4 is 79.1 Å². The second kappa shape index (κ2) is 7.38. The third-order valence-corrected chi connectivity index (χ3v) is 6.20. The molecular formula is C16H12ClIN2OS2. The summed E-state index contributed by atoms with van der Waals surface area (Å²) in [5.74, 6) is 0.301. The van der Waals surface area contributed by atoms with E-state index < -0.39 is 0 Å². The largest absolute Gasteiger partial charge is 0.325 e. The summed E-state index contributed by atoms with van der Waals surface area (Å²) in [4.78, 5) is 16.6. The summed E-state index contributed by atoms with van der Waals surface area (Å²) in [6.45, 7) is 1.99. The number of nitrogens with one attached hydrogen (secondary N) is 1.